The zero-order valence-electron chi connectivity index (χ0n) is 11.9. The van der Waals surface area contributed by atoms with Gasteiger partial charge in [0.15, 0.2) is 5.82 Å². The molecule has 0 atom stereocenters. The number of carboxylic acid groups (broad SMARTS) is 1. The Morgan fingerprint density at radius 3 is 2.85 bits per heavy atom. The molecule has 1 N–H and O–H groups in total. The van der Waals surface area contributed by atoms with Gasteiger partial charge < -0.3 is 14.4 Å². The molecule has 0 bridgehead atoms. The maximum Gasteiger partial charge on any atom is 0.303 e. The van der Waals surface area contributed by atoms with Gasteiger partial charge in [0.05, 0.1) is 6.42 Å². The number of nitrogens with zero attached hydrogens (tertiary/aromatic N) is 2. The van der Waals surface area contributed by atoms with Crippen LogP contribution in [0.4, 0.5) is 0 Å². The van der Waals surface area contributed by atoms with Gasteiger partial charge in [0.1, 0.15) is 0 Å². The molecular formula is C14H22N2O4. The van der Waals surface area contributed by atoms with Gasteiger partial charge in [-0.25, -0.2) is 0 Å². The van der Waals surface area contributed by atoms with E-state index in [2.05, 4.69) is 10.1 Å². The minimum Gasteiger partial charge on any atom is -0.481 e. The van der Waals surface area contributed by atoms with Gasteiger partial charge in [0.2, 0.25) is 5.89 Å². The summed E-state index contributed by atoms with van der Waals surface area (Å²) < 4.78 is 10.3. The van der Waals surface area contributed by atoms with E-state index >= 15 is 0 Å². The molecule has 0 aliphatic heterocycles. The second-order valence-corrected chi connectivity index (χ2v) is 5.66. The van der Waals surface area contributed by atoms with Crippen molar-refractivity contribution >= 4 is 5.97 Å². The van der Waals surface area contributed by atoms with Crippen molar-refractivity contribution in [2.24, 2.45) is 5.41 Å². The molecule has 20 heavy (non-hydrogen) atoms. The molecule has 1 aromatic heterocycles. The standard InChI is InChI=1S/C14H22N2O4/c1-19-8-4-5-11-15-12(20-16-11)9-14(10-13(17)18)6-2-3-7-14/h2-10H2,1H3,(H,17,18). The number of hydrogen-bond donors (Lipinski definition) is 1. The molecule has 1 aromatic rings. The Balaban J connectivity index is 1.95. The van der Waals surface area contributed by atoms with E-state index in [1.165, 1.54) is 0 Å². The summed E-state index contributed by atoms with van der Waals surface area (Å²) in [5.41, 5.74) is -0.192. The quantitative estimate of drug-likeness (QED) is 0.736. The Hall–Kier alpha value is -1.43. The number of carbonyl (C=O) groups is 1. The van der Waals surface area contributed by atoms with E-state index < -0.39 is 5.97 Å². The smallest absolute Gasteiger partial charge is 0.303 e. The summed E-state index contributed by atoms with van der Waals surface area (Å²) in [6.07, 6.45) is 6.38. The molecule has 1 fully saturated rings. The van der Waals surface area contributed by atoms with E-state index in [-0.39, 0.29) is 11.8 Å². The van der Waals surface area contributed by atoms with Gasteiger partial charge in [0.25, 0.3) is 0 Å². The molecule has 1 heterocycles. The summed E-state index contributed by atoms with van der Waals surface area (Å²) in [5.74, 6) is 0.507. The Morgan fingerprint density at radius 1 is 1.45 bits per heavy atom. The molecule has 0 spiro atoms. The molecule has 0 saturated heterocycles. The first-order valence-electron chi connectivity index (χ1n) is 7.16. The van der Waals surface area contributed by atoms with Crippen molar-refractivity contribution in [2.75, 3.05) is 13.7 Å². The van der Waals surface area contributed by atoms with Crippen molar-refractivity contribution in [2.45, 2.75) is 51.4 Å². The van der Waals surface area contributed by atoms with Crippen LogP contribution in [-0.2, 0) is 22.4 Å². The third-order valence-electron chi connectivity index (χ3n) is 3.98. The molecule has 2 rings (SSSR count). The van der Waals surface area contributed by atoms with Gasteiger partial charge in [-0.05, 0) is 24.7 Å². The van der Waals surface area contributed by atoms with E-state index in [0.29, 0.717) is 24.7 Å². The van der Waals surface area contributed by atoms with Crippen LogP contribution in [0.5, 0.6) is 0 Å². The molecule has 112 valence electrons. The van der Waals surface area contributed by atoms with Crippen LogP contribution < -0.4 is 0 Å². The normalized spacial score (nSPS) is 17.4. The summed E-state index contributed by atoms with van der Waals surface area (Å²) in [4.78, 5) is 15.4. The first kappa shape index (κ1) is 15.0. The zero-order chi connectivity index (χ0) is 14.4. The lowest BCUT2D eigenvalue weighted by Crippen LogP contribution is -2.24. The van der Waals surface area contributed by atoms with Crippen LogP contribution >= 0.6 is 0 Å². The highest BCUT2D eigenvalue weighted by molar-refractivity contribution is 5.67. The number of aliphatic carboxylic acids is 1. The lowest BCUT2D eigenvalue weighted by atomic mass is 9.79. The second-order valence-electron chi connectivity index (χ2n) is 5.66. The van der Waals surface area contributed by atoms with Gasteiger partial charge >= 0.3 is 5.97 Å². The molecule has 1 saturated carbocycles. The highest BCUT2D eigenvalue weighted by atomic mass is 16.5. The zero-order valence-corrected chi connectivity index (χ0v) is 11.9. The molecule has 1 aliphatic carbocycles. The molecular weight excluding hydrogens is 260 g/mol. The van der Waals surface area contributed by atoms with Crippen molar-refractivity contribution in [1.29, 1.82) is 0 Å². The lowest BCUT2D eigenvalue weighted by molar-refractivity contribution is -0.139. The van der Waals surface area contributed by atoms with Gasteiger partial charge in [-0.15, -0.1) is 0 Å². The molecule has 0 unspecified atom stereocenters. The number of ether oxygens (including phenoxy) is 1. The van der Waals surface area contributed by atoms with Crippen LogP contribution in [0.1, 0.15) is 50.2 Å². The monoisotopic (exact) mass is 282 g/mol. The number of aromatic nitrogens is 2. The maximum absolute atomic E-state index is 11.0. The molecule has 0 aromatic carbocycles. The number of aryl methyl sites for hydroxylation is 1. The van der Waals surface area contributed by atoms with Crippen LogP contribution in [0.3, 0.4) is 0 Å². The lowest BCUT2D eigenvalue weighted by Gasteiger charge is -2.24. The average molecular weight is 282 g/mol. The number of methoxy groups -OCH3 is 1. The summed E-state index contributed by atoms with van der Waals surface area (Å²) in [6, 6.07) is 0. The largest absolute Gasteiger partial charge is 0.481 e. The van der Waals surface area contributed by atoms with Crippen LogP contribution in [-0.4, -0.2) is 34.9 Å². The van der Waals surface area contributed by atoms with E-state index in [1.54, 1.807) is 7.11 Å². The topological polar surface area (TPSA) is 85.5 Å². The third-order valence-corrected chi connectivity index (χ3v) is 3.98. The van der Waals surface area contributed by atoms with Crippen LogP contribution in [0, 0.1) is 5.41 Å². The first-order chi connectivity index (χ1) is 9.63. The van der Waals surface area contributed by atoms with Gasteiger partial charge in [-0.3, -0.25) is 4.79 Å². The van der Waals surface area contributed by atoms with Gasteiger partial charge in [0, 0.05) is 26.6 Å². The van der Waals surface area contributed by atoms with E-state index in [0.717, 1.165) is 38.5 Å². The Bertz CT molecular complexity index is 438. The molecule has 0 radical (unpaired) electrons. The highest BCUT2D eigenvalue weighted by Gasteiger charge is 2.37. The second kappa shape index (κ2) is 6.83. The number of hydrogen-bond acceptors (Lipinski definition) is 5. The SMILES string of the molecule is COCCCc1noc(CC2(CC(=O)O)CCCC2)n1. The number of carboxylic acids is 1. The summed E-state index contributed by atoms with van der Waals surface area (Å²) in [6.45, 7) is 0.673. The number of rotatable bonds is 8. The Kier molecular flexibility index (Phi) is 5.11. The third kappa shape index (κ3) is 4.03. The molecule has 6 heteroatoms. The van der Waals surface area contributed by atoms with Crippen molar-refractivity contribution < 1.29 is 19.2 Å². The highest BCUT2D eigenvalue weighted by Crippen LogP contribution is 2.43. The average Bonchev–Trinajstić information content (AvgIpc) is 3.00. The summed E-state index contributed by atoms with van der Waals surface area (Å²) in [5, 5.41) is 13.0. The summed E-state index contributed by atoms with van der Waals surface area (Å²) >= 11 is 0. The summed E-state index contributed by atoms with van der Waals surface area (Å²) in [7, 11) is 1.66. The van der Waals surface area contributed by atoms with E-state index in [1.807, 2.05) is 0 Å². The fraction of sp³-hybridized carbons (Fsp3) is 0.786. The van der Waals surface area contributed by atoms with E-state index in [9.17, 15) is 4.79 Å². The Morgan fingerprint density at radius 2 is 2.20 bits per heavy atom. The molecule has 0 amide bonds. The van der Waals surface area contributed by atoms with Crippen molar-refractivity contribution in [3.8, 4) is 0 Å². The maximum atomic E-state index is 11.0. The van der Waals surface area contributed by atoms with Crippen molar-refractivity contribution in [1.82, 2.24) is 10.1 Å². The molecule has 1 aliphatic rings. The van der Waals surface area contributed by atoms with Crippen molar-refractivity contribution in [3.05, 3.63) is 11.7 Å². The minimum atomic E-state index is -0.744. The van der Waals surface area contributed by atoms with Crippen LogP contribution in [0.2, 0.25) is 0 Å². The van der Waals surface area contributed by atoms with Gasteiger partial charge in [-0.1, -0.05) is 18.0 Å². The first-order valence-corrected chi connectivity index (χ1v) is 7.16. The van der Waals surface area contributed by atoms with Gasteiger partial charge in [-0.2, -0.15) is 4.98 Å². The predicted octanol–water partition coefficient (Wildman–Crippen LogP) is 2.23. The van der Waals surface area contributed by atoms with Crippen LogP contribution in [0.25, 0.3) is 0 Å². The predicted molar refractivity (Wildman–Crippen MR) is 71.4 cm³/mol. The molecule has 6 nitrogen and oxygen atoms in total. The van der Waals surface area contributed by atoms with Crippen LogP contribution in [0.15, 0.2) is 4.52 Å². The fourth-order valence-electron chi connectivity index (χ4n) is 3.02. The van der Waals surface area contributed by atoms with E-state index in [4.69, 9.17) is 14.4 Å². The van der Waals surface area contributed by atoms with Crippen molar-refractivity contribution in [3.63, 3.8) is 0 Å². The minimum absolute atomic E-state index is 0.189. The Labute approximate surface area is 118 Å². The fourth-order valence-corrected chi connectivity index (χ4v) is 3.02.